The van der Waals surface area contributed by atoms with E-state index >= 15 is 0 Å². The standard InChI is InChI=1S/C8H12Si/c1-7-4-3-5-8(6-7)9-2/h3-6H,9H2,1-2H3. The van der Waals surface area contributed by atoms with Gasteiger partial charge in [0.15, 0.2) is 0 Å². The summed E-state index contributed by atoms with van der Waals surface area (Å²) in [5.74, 6) is 0. The Kier molecular flexibility index (Phi) is 2.06. The normalized spacial score (nSPS) is 10.9. The van der Waals surface area contributed by atoms with Gasteiger partial charge in [0.1, 0.15) is 0 Å². The summed E-state index contributed by atoms with van der Waals surface area (Å²) >= 11 is 0. The highest BCUT2D eigenvalue weighted by atomic mass is 28.2. The maximum atomic E-state index is 2.31. The number of hydrogen-bond donors (Lipinski definition) is 0. The fourth-order valence-electron chi connectivity index (χ4n) is 0.932. The van der Waals surface area contributed by atoms with Crippen LogP contribution in [0.15, 0.2) is 24.3 Å². The molecule has 0 aliphatic carbocycles. The molecule has 0 aliphatic heterocycles. The first-order chi connectivity index (χ1) is 4.33. The van der Waals surface area contributed by atoms with Gasteiger partial charge in [0.05, 0.1) is 9.52 Å². The van der Waals surface area contributed by atoms with Gasteiger partial charge in [-0.2, -0.15) is 0 Å². The van der Waals surface area contributed by atoms with Crippen LogP contribution in [-0.2, 0) is 0 Å². The summed E-state index contributed by atoms with van der Waals surface area (Å²) in [6.07, 6.45) is 0. The first-order valence-corrected chi connectivity index (χ1v) is 5.50. The molecule has 0 N–H and O–H groups in total. The minimum atomic E-state index is 0.0699. The van der Waals surface area contributed by atoms with Crippen molar-refractivity contribution in [3.8, 4) is 0 Å². The van der Waals surface area contributed by atoms with E-state index in [9.17, 15) is 0 Å². The Morgan fingerprint density at radius 3 is 2.56 bits per heavy atom. The van der Waals surface area contributed by atoms with E-state index in [1.165, 1.54) is 5.56 Å². The van der Waals surface area contributed by atoms with Gasteiger partial charge in [0.25, 0.3) is 0 Å². The van der Waals surface area contributed by atoms with E-state index in [1.54, 1.807) is 5.19 Å². The van der Waals surface area contributed by atoms with E-state index in [1.807, 2.05) is 0 Å². The van der Waals surface area contributed by atoms with E-state index in [0.717, 1.165) is 0 Å². The lowest BCUT2D eigenvalue weighted by molar-refractivity contribution is 1.49. The van der Waals surface area contributed by atoms with E-state index in [4.69, 9.17) is 0 Å². The van der Waals surface area contributed by atoms with Crippen LogP contribution in [-0.4, -0.2) is 9.52 Å². The Morgan fingerprint density at radius 1 is 1.33 bits per heavy atom. The molecule has 0 amide bonds. The van der Waals surface area contributed by atoms with Crippen molar-refractivity contribution in [2.45, 2.75) is 13.5 Å². The summed E-state index contributed by atoms with van der Waals surface area (Å²) in [5.41, 5.74) is 1.39. The molecule has 0 aromatic heterocycles. The van der Waals surface area contributed by atoms with Crippen LogP contribution < -0.4 is 5.19 Å². The molecule has 0 unspecified atom stereocenters. The molecule has 0 aliphatic rings. The van der Waals surface area contributed by atoms with Crippen molar-refractivity contribution in [2.75, 3.05) is 0 Å². The number of hydrogen-bond acceptors (Lipinski definition) is 0. The third-order valence-electron chi connectivity index (χ3n) is 1.49. The van der Waals surface area contributed by atoms with Crippen LogP contribution in [0.25, 0.3) is 0 Å². The van der Waals surface area contributed by atoms with E-state index in [-0.39, 0.29) is 9.52 Å². The highest BCUT2D eigenvalue weighted by Gasteiger charge is 1.86. The summed E-state index contributed by atoms with van der Waals surface area (Å²) in [5, 5.41) is 1.56. The van der Waals surface area contributed by atoms with Gasteiger partial charge in [0.2, 0.25) is 0 Å². The lowest BCUT2D eigenvalue weighted by atomic mass is 10.2. The van der Waals surface area contributed by atoms with Crippen LogP contribution in [0.4, 0.5) is 0 Å². The molecule has 1 heteroatoms. The van der Waals surface area contributed by atoms with Crippen molar-refractivity contribution in [1.29, 1.82) is 0 Å². The molecule has 1 rings (SSSR count). The Labute approximate surface area is 58.7 Å². The van der Waals surface area contributed by atoms with Gasteiger partial charge in [0, 0.05) is 0 Å². The SMILES string of the molecule is C[SiH2]c1cccc(C)c1. The second kappa shape index (κ2) is 2.83. The molecule has 0 saturated carbocycles. The highest BCUT2D eigenvalue weighted by molar-refractivity contribution is 6.51. The lowest BCUT2D eigenvalue weighted by Gasteiger charge is -1.94. The van der Waals surface area contributed by atoms with Crippen LogP contribution in [0.2, 0.25) is 6.55 Å². The maximum Gasteiger partial charge on any atom is 0.0517 e. The van der Waals surface area contributed by atoms with E-state index in [2.05, 4.69) is 37.7 Å². The zero-order valence-electron chi connectivity index (χ0n) is 6.02. The highest BCUT2D eigenvalue weighted by Crippen LogP contribution is 1.91. The van der Waals surface area contributed by atoms with Crippen molar-refractivity contribution in [2.24, 2.45) is 0 Å². The molecule has 0 nitrogen and oxygen atoms in total. The smallest absolute Gasteiger partial charge is 0.0517 e. The quantitative estimate of drug-likeness (QED) is 0.502. The Balaban J connectivity index is 2.94. The van der Waals surface area contributed by atoms with Gasteiger partial charge < -0.3 is 0 Å². The maximum absolute atomic E-state index is 2.31. The fourth-order valence-corrected chi connectivity index (χ4v) is 1.83. The number of aryl methyl sites for hydroxylation is 1. The molecule has 0 saturated heterocycles. The van der Waals surface area contributed by atoms with Gasteiger partial charge in [-0.25, -0.2) is 0 Å². The first-order valence-electron chi connectivity index (χ1n) is 3.38. The predicted molar refractivity (Wildman–Crippen MR) is 45.2 cm³/mol. The van der Waals surface area contributed by atoms with Crippen LogP contribution in [0.3, 0.4) is 0 Å². The molecule has 0 spiro atoms. The predicted octanol–water partition coefficient (Wildman–Crippen LogP) is 0.837. The number of benzene rings is 1. The third kappa shape index (κ3) is 1.68. The van der Waals surface area contributed by atoms with Crippen LogP contribution in [0, 0.1) is 6.92 Å². The van der Waals surface area contributed by atoms with Crippen molar-refractivity contribution in [3.05, 3.63) is 29.8 Å². The van der Waals surface area contributed by atoms with Gasteiger partial charge >= 0.3 is 0 Å². The fraction of sp³-hybridized carbons (Fsp3) is 0.250. The minimum Gasteiger partial charge on any atom is -0.0708 e. The van der Waals surface area contributed by atoms with Crippen molar-refractivity contribution >= 4 is 14.7 Å². The van der Waals surface area contributed by atoms with E-state index in [0.29, 0.717) is 0 Å². The van der Waals surface area contributed by atoms with Crippen LogP contribution in [0.1, 0.15) is 5.56 Å². The third-order valence-corrected chi connectivity index (χ3v) is 2.75. The Bertz CT molecular complexity index is 194. The molecule has 0 atom stereocenters. The summed E-state index contributed by atoms with van der Waals surface area (Å²) in [4.78, 5) is 0. The van der Waals surface area contributed by atoms with Gasteiger partial charge in [-0.05, 0) is 6.92 Å². The molecular weight excluding hydrogens is 124 g/mol. The molecule has 9 heavy (non-hydrogen) atoms. The second-order valence-electron chi connectivity index (χ2n) is 2.34. The van der Waals surface area contributed by atoms with Gasteiger partial charge in [-0.3, -0.25) is 0 Å². The lowest BCUT2D eigenvalue weighted by Crippen LogP contribution is -2.09. The molecule has 0 bridgehead atoms. The zero-order chi connectivity index (χ0) is 6.69. The molecule has 1 aromatic rings. The average Bonchev–Trinajstić information content (AvgIpc) is 1.88. The summed E-state index contributed by atoms with van der Waals surface area (Å²) in [6.45, 7) is 4.46. The molecular formula is C8H12Si. The van der Waals surface area contributed by atoms with Gasteiger partial charge in [-0.1, -0.05) is 41.6 Å². The monoisotopic (exact) mass is 136 g/mol. The van der Waals surface area contributed by atoms with Crippen LogP contribution in [0.5, 0.6) is 0 Å². The number of rotatable bonds is 1. The first kappa shape index (κ1) is 6.56. The molecule has 0 fully saturated rings. The largest absolute Gasteiger partial charge is 0.0708 e. The Hall–Kier alpha value is -0.563. The van der Waals surface area contributed by atoms with Gasteiger partial charge in [-0.15, -0.1) is 0 Å². The van der Waals surface area contributed by atoms with Crippen molar-refractivity contribution in [3.63, 3.8) is 0 Å². The summed E-state index contributed by atoms with van der Waals surface area (Å²) in [7, 11) is 0.0699. The molecule has 0 radical (unpaired) electrons. The summed E-state index contributed by atoms with van der Waals surface area (Å²) in [6, 6.07) is 8.79. The van der Waals surface area contributed by atoms with Crippen molar-refractivity contribution < 1.29 is 0 Å². The van der Waals surface area contributed by atoms with Crippen LogP contribution >= 0.6 is 0 Å². The second-order valence-corrected chi connectivity index (χ2v) is 3.87. The summed E-state index contributed by atoms with van der Waals surface area (Å²) < 4.78 is 0. The average molecular weight is 136 g/mol. The zero-order valence-corrected chi connectivity index (χ0v) is 7.43. The van der Waals surface area contributed by atoms with Crippen molar-refractivity contribution in [1.82, 2.24) is 0 Å². The Morgan fingerprint density at radius 2 is 2.11 bits per heavy atom. The topological polar surface area (TPSA) is 0 Å². The van der Waals surface area contributed by atoms with E-state index < -0.39 is 0 Å². The minimum absolute atomic E-state index is 0.0699. The molecule has 1 aromatic carbocycles. The molecule has 0 heterocycles. The molecule has 48 valence electrons.